The van der Waals surface area contributed by atoms with Gasteiger partial charge in [0.05, 0.1) is 12.6 Å². The van der Waals surface area contributed by atoms with Gasteiger partial charge in [-0.1, -0.05) is 6.92 Å². The van der Waals surface area contributed by atoms with E-state index in [1.54, 1.807) is 36.1 Å². The molecule has 3 N–H and O–H groups in total. The number of aromatic nitrogens is 1. The molecule has 0 amide bonds. The molecule has 0 unspecified atom stereocenters. The van der Waals surface area contributed by atoms with Crippen LogP contribution in [-0.2, 0) is 11.2 Å². The molecule has 0 saturated carbocycles. The van der Waals surface area contributed by atoms with Crippen molar-refractivity contribution in [3.05, 3.63) is 30.0 Å². The number of hydrogen-bond acceptors (Lipinski definition) is 4. The lowest BCUT2D eigenvalue weighted by Crippen LogP contribution is -2.32. The maximum atomic E-state index is 12.2. The Kier molecular flexibility index (Phi) is 4.82. The number of methoxy groups -OCH3 is 1. The normalized spacial score (nSPS) is 12.3. The molecule has 6 heteroatoms. The van der Waals surface area contributed by atoms with Crippen LogP contribution in [0.4, 0.5) is 0 Å². The van der Waals surface area contributed by atoms with Crippen LogP contribution in [0.1, 0.15) is 30.1 Å². The number of carbonyl (C=O) groups is 2. The summed E-state index contributed by atoms with van der Waals surface area (Å²) in [7, 11) is 1.56. The molecule has 0 spiro atoms. The number of nitrogens with zero attached hydrogens (tertiary/aromatic N) is 1. The standard InChI is InChI=1S/C16H20N2O4/c1-3-4-15(19)18-9-10(7-13(17)16(20)21)12-8-11(22-2)5-6-14(12)18/h5-6,8-9,13H,3-4,7,17H2,1-2H3,(H,20,21)/t13-/m0/s1. The number of ether oxygens (including phenoxy) is 1. The van der Waals surface area contributed by atoms with Gasteiger partial charge in [-0.25, -0.2) is 0 Å². The molecule has 0 saturated heterocycles. The van der Waals surface area contributed by atoms with Crippen molar-refractivity contribution in [2.24, 2.45) is 5.73 Å². The molecule has 1 heterocycles. The van der Waals surface area contributed by atoms with Crippen LogP contribution in [0, 0.1) is 0 Å². The average molecular weight is 304 g/mol. The minimum Gasteiger partial charge on any atom is -0.497 e. The molecule has 0 aliphatic carbocycles. The first-order chi connectivity index (χ1) is 10.5. The monoisotopic (exact) mass is 304 g/mol. The molecule has 22 heavy (non-hydrogen) atoms. The molecule has 0 fully saturated rings. The van der Waals surface area contributed by atoms with Crippen molar-refractivity contribution < 1.29 is 19.4 Å². The second-order valence-corrected chi connectivity index (χ2v) is 5.20. The molecule has 2 aromatic rings. The first kappa shape index (κ1) is 16.0. The van der Waals surface area contributed by atoms with E-state index in [-0.39, 0.29) is 12.3 Å². The van der Waals surface area contributed by atoms with Crippen LogP contribution in [-0.4, -0.2) is 34.7 Å². The van der Waals surface area contributed by atoms with Crippen LogP contribution in [0.25, 0.3) is 10.9 Å². The Morgan fingerprint density at radius 1 is 1.41 bits per heavy atom. The maximum Gasteiger partial charge on any atom is 0.320 e. The van der Waals surface area contributed by atoms with Gasteiger partial charge in [0.25, 0.3) is 0 Å². The predicted octanol–water partition coefficient (Wildman–Crippen LogP) is 2.04. The molecule has 2 rings (SSSR count). The summed E-state index contributed by atoms with van der Waals surface area (Å²) in [6, 6.07) is 4.37. The first-order valence-corrected chi connectivity index (χ1v) is 7.17. The Morgan fingerprint density at radius 2 is 2.14 bits per heavy atom. The fourth-order valence-electron chi connectivity index (χ4n) is 2.43. The van der Waals surface area contributed by atoms with E-state index in [1.807, 2.05) is 6.92 Å². The Hall–Kier alpha value is -2.34. The maximum absolute atomic E-state index is 12.2. The van der Waals surface area contributed by atoms with Gasteiger partial charge in [0.1, 0.15) is 11.8 Å². The first-order valence-electron chi connectivity index (χ1n) is 7.17. The number of carbonyl (C=O) groups excluding carboxylic acids is 1. The van der Waals surface area contributed by atoms with Crippen LogP contribution in [0.15, 0.2) is 24.4 Å². The SMILES string of the molecule is CCCC(=O)n1cc(C[C@H](N)C(=O)O)c2cc(OC)ccc21. The number of nitrogens with two attached hydrogens (primary N) is 1. The van der Waals surface area contributed by atoms with Gasteiger partial charge < -0.3 is 15.6 Å². The molecule has 6 nitrogen and oxygen atoms in total. The summed E-state index contributed by atoms with van der Waals surface area (Å²) in [4.78, 5) is 23.2. The third-order valence-corrected chi connectivity index (χ3v) is 3.58. The lowest BCUT2D eigenvalue weighted by atomic mass is 10.1. The molecule has 1 aromatic carbocycles. The molecule has 1 atom stereocenters. The largest absolute Gasteiger partial charge is 0.497 e. The van der Waals surface area contributed by atoms with Crippen molar-refractivity contribution in [1.82, 2.24) is 4.57 Å². The van der Waals surface area contributed by atoms with Gasteiger partial charge in [0, 0.05) is 24.4 Å². The number of fused-ring (bicyclic) bond motifs is 1. The van der Waals surface area contributed by atoms with Gasteiger partial charge in [0.2, 0.25) is 5.91 Å². The van der Waals surface area contributed by atoms with Crippen LogP contribution in [0.2, 0.25) is 0 Å². The Morgan fingerprint density at radius 3 is 2.73 bits per heavy atom. The van der Waals surface area contributed by atoms with E-state index in [1.165, 1.54) is 0 Å². The van der Waals surface area contributed by atoms with Crippen molar-refractivity contribution in [3.63, 3.8) is 0 Å². The zero-order chi connectivity index (χ0) is 16.3. The second-order valence-electron chi connectivity index (χ2n) is 5.20. The van der Waals surface area contributed by atoms with Crippen LogP contribution < -0.4 is 10.5 Å². The van der Waals surface area contributed by atoms with E-state index in [0.717, 1.165) is 22.9 Å². The van der Waals surface area contributed by atoms with Gasteiger partial charge in [0.15, 0.2) is 0 Å². The molecule has 118 valence electrons. The van der Waals surface area contributed by atoms with E-state index in [2.05, 4.69) is 0 Å². The number of benzene rings is 1. The van der Waals surface area contributed by atoms with Gasteiger partial charge in [-0.3, -0.25) is 14.2 Å². The third-order valence-electron chi connectivity index (χ3n) is 3.58. The minimum atomic E-state index is -1.07. The van der Waals surface area contributed by atoms with Crippen LogP contribution in [0.5, 0.6) is 5.75 Å². The Balaban J connectivity index is 2.53. The number of hydrogen-bond donors (Lipinski definition) is 2. The van der Waals surface area contributed by atoms with E-state index in [4.69, 9.17) is 15.6 Å². The smallest absolute Gasteiger partial charge is 0.320 e. The van der Waals surface area contributed by atoms with E-state index in [0.29, 0.717) is 12.2 Å². The predicted molar refractivity (Wildman–Crippen MR) is 83.3 cm³/mol. The zero-order valence-corrected chi connectivity index (χ0v) is 12.7. The summed E-state index contributed by atoms with van der Waals surface area (Å²) in [6.07, 6.45) is 3.02. The van der Waals surface area contributed by atoms with E-state index in [9.17, 15) is 9.59 Å². The van der Waals surface area contributed by atoms with E-state index >= 15 is 0 Å². The highest BCUT2D eigenvalue weighted by molar-refractivity contribution is 5.95. The number of rotatable bonds is 6. The summed E-state index contributed by atoms with van der Waals surface area (Å²) in [6.45, 7) is 1.94. The summed E-state index contributed by atoms with van der Waals surface area (Å²) >= 11 is 0. The molecule has 0 aliphatic rings. The number of carboxylic acids is 1. The summed E-state index contributed by atoms with van der Waals surface area (Å²) in [5, 5.41) is 9.79. The minimum absolute atomic E-state index is 0.0205. The average Bonchev–Trinajstić information content (AvgIpc) is 2.85. The zero-order valence-electron chi connectivity index (χ0n) is 12.7. The van der Waals surface area contributed by atoms with Crippen molar-refractivity contribution in [3.8, 4) is 5.75 Å². The van der Waals surface area contributed by atoms with Gasteiger partial charge in [-0.2, -0.15) is 0 Å². The quantitative estimate of drug-likeness (QED) is 0.851. The van der Waals surface area contributed by atoms with Crippen molar-refractivity contribution in [2.45, 2.75) is 32.2 Å². The summed E-state index contributed by atoms with van der Waals surface area (Å²) in [5.41, 5.74) is 7.10. The lowest BCUT2D eigenvalue weighted by Gasteiger charge is -2.05. The highest BCUT2D eigenvalue weighted by atomic mass is 16.5. The molecular weight excluding hydrogens is 284 g/mol. The van der Waals surface area contributed by atoms with Crippen molar-refractivity contribution in [1.29, 1.82) is 0 Å². The molecule has 0 aliphatic heterocycles. The van der Waals surface area contributed by atoms with Crippen LogP contribution in [0.3, 0.4) is 0 Å². The molecular formula is C16H20N2O4. The van der Waals surface area contributed by atoms with Crippen molar-refractivity contribution in [2.75, 3.05) is 7.11 Å². The van der Waals surface area contributed by atoms with Crippen molar-refractivity contribution >= 4 is 22.8 Å². The number of carboxylic acid groups (broad SMARTS) is 1. The Labute approximate surface area is 128 Å². The molecule has 1 aromatic heterocycles. The van der Waals surface area contributed by atoms with Gasteiger partial charge in [-0.15, -0.1) is 0 Å². The molecule has 0 radical (unpaired) electrons. The lowest BCUT2D eigenvalue weighted by molar-refractivity contribution is -0.138. The van der Waals surface area contributed by atoms with E-state index < -0.39 is 12.0 Å². The fourth-order valence-corrected chi connectivity index (χ4v) is 2.43. The number of aliphatic carboxylic acids is 1. The summed E-state index contributed by atoms with van der Waals surface area (Å²) in [5.74, 6) is -0.435. The van der Waals surface area contributed by atoms with Gasteiger partial charge in [-0.05, 0) is 30.2 Å². The van der Waals surface area contributed by atoms with Gasteiger partial charge >= 0.3 is 5.97 Å². The highest BCUT2D eigenvalue weighted by Crippen LogP contribution is 2.27. The second kappa shape index (κ2) is 6.62. The van der Waals surface area contributed by atoms with Crippen LogP contribution >= 0.6 is 0 Å². The fraction of sp³-hybridized carbons (Fsp3) is 0.375. The third kappa shape index (κ3) is 3.12. The molecule has 0 bridgehead atoms. The topological polar surface area (TPSA) is 94.6 Å². The summed E-state index contributed by atoms with van der Waals surface area (Å²) < 4.78 is 6.78. The highest BCUT2D eigenvalue weighted by Gasteiger charge is 2.19. The Bertz CT molecular complexity index is 705.